The van der Waals surface area contributed by atoms with Gasteiger partial charge >= 0.3 is 0 Å². The number of carbonyl (C=O) groups is 1. The van der Waals surface area contributed by atoms with Crippen molar-refractivity contribution in [2.24, 2.45) is 0 Å². The van der Waals surface area contributed by atoms with Crippen LogP contribution in [0.5, 0.6) is 0 Å². The molecule has 0 unspecified atom stereocenters. The van der Waals surface area contributed by atoms with Crippen LogP contribution < -0.4 is 0 Å². The number of nitrogens with zero attached hydrogens (tertiary/aromatic N) is 13. The molecule has 0 saturated carbocycles. The van der Waals surface area contributed by atoms with E-state index in [1.807, 2.05) is 185 Å². The molecule has 15 nitrogen and oxygen atoms in total. The molecule has 0 atom stereocenters. The van der Waals surface area contributed by atoms with Crippen LogP contribution in [0.25, 0.3) is 93.4 Å². The molecule has 0 saturated heterocycles. The largest absolute Gasteiger partial charge is 0.507 e. The molecule has 429 valence electrons. The van der Waals surface area contributed by atoms with Gasteiger partial charge in [0.2, 0.25) is 17.5 Å². The molecule has 8 heterocycles. The molecule has 3 radical (unpaired) electrons. The standard InChI is InChI=1S/C15H10N.C15H12O2.C14H9N4.2C10H5N4S2.3Ir/c1-2-7-13(8-3-1)15-14-9-5-4-6-12(14)10-11-16-15;16-14(12-7-3-1-4-8-12)11-15(17)13-9-5-2-6-10-13;1-3-7-11(8-4-1)13-15-17-14(18-16-13)12-9-5-2-6-10-12;2*1-3-7(15-5-1)9-11-13-10(14-12-9)8-4-2-6-16-8;;;/h1-7,9-11H;1-11,16H;1-9H;2*1-3,5-6H;;;/q-1;;3*-1;;;. The SMILES string of the molecule is O=C(C=C(O)c1ccccc1)c1ccccc1.[Ir].[Ir].[Ir].[c-]1ccccc1-c1nccc2ccccc12.[c-]1ccccc1-c1nnc(-c2ccccc2)nn1.[c-]1ccsc1-c1nnc(-c2cccs2)nn1.[c-]1ccsc1-c1nnc(-c2cccs2)nn1. The molecular formula is C64H41Ir3N13O2S4-4. The van der Waals surface area contributed by atoms with Crippen molar-refractivity contribution in [2.75, 3.05) is 0 Å². The zero-order valence-corrected chi connectivity index (χ0v) is 54.8. The van der Waals surface area contributed by atoms with Crippen molar-refractivity contribution in [3.8, 4) is 76.8 Å². The number of hydrogen-bond acceptors (Lipinski definition) is 19. The number of benzene rings is 6. The van der Waals surface area contributed by atoms with Crippen LogP contribution in [0.3, 0.4) is 0 Å². The van der Waals surface area contributed by atoms with Gasteiger partial charge in [0.05, 0.1) is 9.75 Å². The molecule has 0 amide bonds. The quantitative estimate of drug-likeness (QED) is 0.0585. The first-order valence-electron chi connectivity index (χ1n) is 25.1. The summed E-state index contributed by atoms with van der Waals surface area (Å²) in [4.78, 5) is 19.9. The third kappa shape index (κ3) is 18.5. The van der Waals surface area contributed by atoms with Gasteiger partial charge in [-0.25, -0.2) is 22.7 Å². The fourth-order valence-corrected chi connectivity index (χ4v) is 9.81. The smallest absolute Gasteiger partial charge is 0.211 e. The second-order valence-corrected chi connectivity index (χ2v) is 20.5. The van der Waals surface area contributed by atoms with Crippen molar-refractivity contribution in [3.05, 3.63) is 275 Å². The number of carbonyl (C=O) groups excluding carboxylic acids is 1. The van der Waals surface area contributed by atoms with E-state index < -0.39 is 0 Å². The minimum atomic E-state index is -0.202. The van der Waals surface area contributed by atoms with Crippen LogP contribution >= 0.6 is 45.3 Å². The van der Waals surface area contributed by atoms with Gasteiger partial charge in [0.25, 0.3) is 0 Å². The fraction of sp³-hybridized carbons (Fsp3) is 0. The van der Waals surface area contributed by atoms with Crippen molar-refractivity contribution < 1.29 is 70.2 Å². The van der Waals surface area contributed by atoms with Crippen molar-refractivity contribution >= 4 is 67.7 Å². The van der Waals surface area contributed by atoms with Gasteiger partial charge in [-0.05, 0) is 45.4 Å². The molecule has 0 fully saturated rings. The maximum absolute atomic E-state index is 11.8. The fourth-order valence-electron chi connectivity index (χ4n) is 7.32. The van der Waals surface area contributed by atoms with Crippen LogP contribution in [0.15, 0.2) is 240 Å². The summed E-state index contributed by atoms with van der Waals surface area (Å²) in [7, 11) is 0. The maximum atomic E-state index is 11.8. The van der Waals surface area contributed by atoms with E-state index in [-0.39, 0.29) is 71.9 Å². The van der Waals surface area contributed by atoms with Crippen molar-refractivity contribution in [3.63, 3.8) is 0 Å². The Kier molecular flexibility index (Phi) is 26.1. The summed E-state index contributed by atoms with van der Waals surface area (Å²) < 4.78 is 0. The number of allylic oxidation sites excluding steroid dienone is 1. The van der Waals surface area contributed by atoms with E-state index in [9.17, 15) is 9.90 Å². The minimum Gasteiger partial charge on any atom is -0.507 e. The molecule has 0 aliphatic heterocycles. The van der Waals surface area contributed by atoms with Crippen LogP contribution in [0.4, 0.5) is 0 Å². The summed E-state index contributed by atoms with van der Waals surface area (Å²) in [6.07, 6.45) is 3.09. The second-order valence-electron chi connectivity index (χ2n) is 16.8. The van der Waals surface area contributed by atoms with Gasteiger partial charge in [-0.15, -0.1) is 136 Å². The Morgan fingerprint density at radius 1 is 0.384 bits per heavy atom. The average Bonchev–Trinajstić information content (AvgIpc) is 4.35. The van der Waals surface area contributed by atoms with E-state index >= 15 is 0 Å². The van der Waals surface area contributed by atoms with E-state index in [4.69, 9.17) is 0 Å². The monoisotopic (exact) mass is 1730 g/mol. The summed E-state index contributed by atoms with van der Waals surface area (Å²) in [5, 5.41) is 68.6. The number of ketones is 1. The Hall–Kier alpha value is -8.49. The first kappa shape index (κ1) is 65.1. The molecule has 14 rings (SSSR count). The normalized spacial score (nSPS) is 10.2. The van der Waals surface area contributed by atoms with E-state index in [0.29, 0.717) is 46.1 Å². The van der Waals surface area contributed by atoms with E-state index in [2.05, 4.69) is 103 Å². The molecule has 8 aromatic heterocycles. The Balaban J connectivity index is 0.000000153. The summed E-state index contributed by atoms with van der Waals surface area (Å²) in [5.41, 5.74) is 4.93. The molecule has 14 aromatic rings. The van der Waals surface area contributed by atoms with Gasteiger partial charge in [0, 0.05) is 89.3 Å². The molecule has 22 heteroatoms. The maximum Gasteiger partial charge on any atom is 0.211 e. The van der Waals surface area contributed by atoms with Crippen molar-refractivity contribution in [2.45, 2.75) is 0 Å². The number of fused-ring (bicyclic) bond motifs is 1. The van der Waals surface area contributed by atoms with Crippen LogP contribution in [-0.4, -0.2) is 77.1 Å². The van der Waals surface area contributed by atoms with E-state index in [1.165, 1.54) is 39.5 Å². The Labute approximate surface area is 551 Å². The van der Waals surface area contributed by atoms with Crippen LogP contribution in [-0.2, 0) is 60.3 Å². The number of thiophene rings is 4. The van der Waals surface area contributed by atoms with Crippen LogP contribution in [0.2, 0.25) is 0 Å². The van der Waals surface area contributed by atoms with Gasteiger partial charge in [0.1, 0.15) is 23.2 Å². The van der Waals surface area contributed by atoms with Crippen LogP contribution in [0, 0.1) is 24.3 Å². The summed E-state index contributed by atoms with van der Waals surface area (Å²) in [6.45, 7) is 0. The van der Waals surface area contributed by atoms with E-state index in [0.717, 1.165) is 41.9 Å². The minimum absolute atomic E-state index is 0. The third-order valence-electron chi connectivity index (χ3n) is 11.3. The zero-order valence-electron chi connectivity index (χ0n) is 44.4. The van der Waals surface area contributed by atoms with Gasteiger partial charge < -0.3 is 10.1 Å². The first-order valence-corrected chi connectivity index (χ1v) is 28.6. The first-order chi connectivity index (χ1) is 41.0. The topological polar surface area (TPSA) is 205 Å². The van der Waals surface area contributed by atoms with Gasteiger partial charge in [0.15, 0.2) is 5.78 Å². The number of aromatic nitrogens is 13. The molecular weight excluding hydrogens is 1690 g/mol. The summed E-state index contributed by atoms with van der Waals surface area (Å²) >= 11 is 6.18. The van der Waals surface area contributed by atoms with Crippen LogP contribution in [0.1, 0.15) is 15.9 Å². The summed E-state index contributed by atoms with van der Waals surface area (Å²) in [5.74, 6) is 2.97. The predicted octanol–water partition coefficient (Wildman–Crippen LogP) is 14.6. The number of aliphatic hydroxyl groups excluding tert-OH is 1. The number of aliphatic hydroxyl groups is 1. The van der Waals surface area contributed by atoms with Crippen molar-refractivity contribution in [1.82, 2.24) is 66.2 Å². The van der Waals surface area contributed by atoms with Gasteiger partial charge in [-0.1, -0.05) is 137 Å². The molecule has 0 spiro atoms. The Morgan fingerprint density at radius 3 is 1.33 bits per heavy atom. The van der Waals surface area contributed by atoms with Gasteiger partial charge in [-0.2, -0.15) is 54.9 Å². The number of pyridine rings is 1. The molecule has 1 N–H and O–H groups in total. The van der Waals surface area contributed by atoms with Gasteiger partial charge in [-0.3, -0.25) is 4.79 Å². The van der Waals surface area contributed by atoms with Crippen molar-refractivity contribution in [1.29, 1.82) is 0 Å². The zero-order chi connectivity index (χ0) is 56.7. The molecule has 86 heavy (non-hydrogen) atoms. The average molecular weight is 1730 g/mol. The Bertz CT molecular complexity index is 3920. The third-order valence-corrected chi connectivity index (χ3v) is 14.6. The molecule has 6 aromatic carbocycles. The molecule has 0 aliphatic rings. The predicted molar refractivity (Wildman–Crippen MR) is 327 cm³/mol. The van der Waals surface area contributed by atoms with E-state index in [1.54, 1.807) is 59.1 Å². The number of hydrogen-bond donors (Lipinski definition) is 1. The molecule has 0 bridgehead atoms. The molecule has 0 aliphatic carbocycles. The Morgan fingerprint density at radius 2 is 0.837 bits per heavy atom. The second kappa shape index (κ2) is 34.5. The number of rotatable bonds is 10. The summed E-state index contributed by atoms with van der Waals surface area (Å²) in [6, 6.07) is 77.0.